The van der Waals surface area contributed by atoms with Crippen molar-refractivity contribution in [2.45, 2.75) is 31.5 Å². The quantitative estimate of drug-likeness (QED) is 0.440. The van der Waals surface area contributed by atoms with Gasteiger partial charge in [0.25, 0.3) is 12.0 Å². The van der Waals surface area contributed by atoms with E-state index in [4.69, 9.17) is 6.42 Å². The highest BCUT2D eigenvalue weighted by molar-refractivity contribution is 5.87. The van der Waals surface area contributed by atoms with Gasteiger partial charge in [-0.05, 0) is 6.07 Å². The van der Waals surface area contributed by atoms with Crippen molar-refractivity contribution in [3.63, 3.8) is 0 Å². The van der Waals surface area contributed by atoms with Crippen LogP contribution < -0.4 is 10.9 Å². The fourth-order valence-corrected chi connectivity index (χ4v) is 4.27. The molecule has 1 fully saturated rings. The summed E-state index contributed by atoms with van der Waals surface area (Å²) in [5.74, 6) is 0.916. The second-order valence-corrected chi connectivity index (χ2v) is 8.33. The maximum absolute atomic E-state index is 15.9. The maximum atomic E-state index is 15.9. The first-order valence-electron chi connectivity index (χ1n) is 10.7. The van der Waals surface area contributed by atoms with Gasteiger partial charge in [0.05, 0.1) is 23.1 Å². The molecule has 0 saturated carbocycles. The largest absolute Gasteiger partial charge is 0.352 e. The van der Waals surface area contributed by atoms with Gasteiger partial charge in [-0.3, -0.25) is 14.2 Å². The van der Waals surface area contributed by atoms with Crippen LogP contribution in [-0.4, -0.2) is 38.4 Å². The number of hydrogen-bond acceptors (Lipinski definition) is 5. The van der Waals surface area contributed by atoms with Crippen molar-refractivity contribution in [1.82, 2.24) is 19.4 Å². The van der Waals surface area contributed by atoms with Gasteiger partial charge in [0.15, 0.2) is 5.67 Å². The lowest BCUT2D eigenvalue weighted by molar-refractivity contribution is -0.128. The van der Waals surface area contributed by atoms with Crippen molar-refractivity contribution in [3.8, 4) is 12.3 Å². The van der Waals surface area contributed by atoms with Crippen LogP contribution in [0, 0.1) is 18.2 Å². The van der Waals surface area contributed by atoms with Crippen LogP contribution in [0.4, 0.5) is 23.4 Å². The number of fused-ring (bicyclic) bond motifs is 1. The Balaban J connectivity index is 1.81. The van der Waals surface area contributed by atoms with Gasteiger partial charge in [-0.25, -0.2) is 27.5 Å². The monoisotopic (exact) mass is 487 g/mol. The van der Waals surface area contributed by atoms with Crippen molar-refractivity contribution in [1.29, 1.82) is 0 Å². The van der Waals surface area contributed by atoms with E-state index in [0.29, 0.717) is 0 Å². The van der Waals surface area contributed by atoms with Gasteiger partial charge in [-0.1, -0.05) is 24.1 Å². The molecule has 1 amide bonds. The number of nitrogens with one attached hydrogen (secondary N) is 1. The molecule has 0 aliphatic carbocycles. The second-order valence-electron chi connectivity index (χ2n) is 8.33. The number of likely N-dealkylation sites (tertiary alicyclic amines) is 1. The molecule has 1 aromatic carbocycles. The van der Waals surface area contributed by atoms with Crippen LogP contribution in [0.5, 0.6) is 0 Å². The fourth-order valence-electron chi connectivity index (χ4n) is 4.27. The third-order valence-corrected chi connectivity index (χ3v) is 6.20. The summed E-state index contributed by atoms with van der Waals surface area (Å²) in [4.78, 5) is 34.2. The lowest BCUT2D eigenvalue weighted by atomic mass is 9.95. The van der Waals surface area contributed by atoms with E-state index in [9.17, 15) is 22.8 Å². The minimum absolute atomic E-state index is 0.0571. The number of aryl methyl sites for hydroxylation is 1. The van der Waals surface area contributed by atoms with Gasteiger partial charge >= 0.3 is 0 Å². The predicted octanol–water partition coefficient (Wildman–Crippen LogP) is 3.61. The molecule has 2 aromatic heterocycles. The van der Waals surface area contributed by atoms with Gasteiger partial charge in [0.2, 0.25) is 5.91 Å². The Labute approximate surface area is 197 Å². The smallest absolute Gasteiger partial charge is 0.266 e. The van der Waals surface area contributed by atoms with Crippen LogP contribution >= 0.6 is 0 Å². The number of rotatable bonds is 5. The molecule has 1 aliphatic heterocycles. The zero-order chi connectivity index (χ0) is 25.5. The Hall–Kier alpha value is -3.94. The molecule has 0 bridgehead atoms. The number of amides is 1. The molecule has 3 aromatic rings. The molecular formula is C24H21F4N5O2. The lowest BCUT2D eigenvalue weighted by Crippen LogP contribution is -2.36. The van der Waals surface area contributed by atoms with Crippen LogP contribution in [0.15, 0.2) is 35.4 Å². The number of pyridine rings is 1. The first-order valence-corrected chi connectivity index (χ1v) is 10.7. The van der Waals surface area contributed by atoms with Gasteiger partial charge < -0.3 is 10.2 Å². The number of halogens is 4. The Bertz CT molecular complexity index is 1420. The highest BCUT2D eigenvalue weighted by Gasteiger charge is 2.43. The number of carbonyl (C=O) groups excluding carboxylic acids is 1. The zero-order valence-corrected chi connectivity index (χ0v) is 18.9. The Morgan fingerprint density at radius 1 is 1.29 bits per heavy atom. The molecule has 4 rings (SSSR count). The average Bonchev–Trinajstić information content (AvgIpc) is 3.23. The third-order valence-electron chi connectivity index (χ3n) is 6.20. The molecule has 11 heteroatoms. The SMILES string of the molecule is C#C[C@@H](Nc1ncnc2c1cc(C1(F)CCN(C(C)=O)C1)c(=O)n2C)c1cccc(C(F)F)c1F. The number of benzene rings is 1. The van der Waals surface area contributed by atoms with Gasteiger partial charge in [-0.15, -0.1) is 6.42 Å². The summed E-state index contributed by atoms with van der Waals surface area (Å²) < 4.78 is 58.1. The van der Waals surface area contributed by atoms with Crippen LogP contribution in [-0.2, 0) is 17.5 Å². The first kappa shape index (κ1) is 24.2. The number of terminal acetylenes is 1. The van der Waals surface area contributed by atoms with Crippen molar-refractivity contribution >= 4 is 22.8 Å². The number of nitrogens with zero attached hydrogens (tertiary/aromatic N) is 4. The number of carbonyl (C=O) groups is 1. The van der Waals surface area contributed by atoms with E-state index in [2.05, 4.69) is 21.2 Å². The molecule has 1 N–H and O–H groups in total. The summed E-state index contributed by atoms with van der Waals surface area (Å²) in [6, 6.07) is 3.59. The van der Waals surface area contributed by atoms with Crippen LogP contribution in [0.3, 0.4) is 0 Å². The normalized spacial score (nSPS) is 18.6. The van der Waals surface area contributed by atoms with Gasteiger partial charge in [-0.2, -0.15) is 0 Å². The topological polar surface area (TPSA) is 80.1 Å². The first-order chi connectivity index (χ1) is 16.6. The van der Waals surface area contributed by atoms with Gasteiger partial charge in [0, 0.05) is 32.5 Å². The molecule has 1 saturated heterocycles. The molecule has 7 nitrogen and oxygen atoms in total. The maximum Gasteiger partial charge on any atom is 0.266 e. The van der Waals surface area contributed by atoms with E-state index in [1.165, 1.54) is 37.1 Å². The summed E-state index contributed by atoms with van der Waals surface area (Å²) in [6.45, 7) is 1.20. The van der Waals surface area contributed by atoms with E-state index in [1.807, 2.05) is 0 Å². The second kappa shape index (κ2) is 9.02. The number of alkyl halides is 3. The summed E-state index contributed by atoms with van der Waals surface area (Å²) in [5, 5.41) is 3.04. The fraction of sp³-hybridized carbons (Fsp3) is 0.333. The van der Waals surface area contributed by atoms with Crippen LogP contribution in [0.25, 0.3) is 11.0 Å². The third kappa shape index (κ3) is 4.20. The molecule has 2 atom stereocenters. The van der Waals surface area contributed by atoms with E-state index < -0.39 is 35.1 Å². The number of hydrogen-bond donors (Lipinski definition) is 1. The van der Waals surface area contributed by atoms with Crippen LogP contribution in [0.1, 0.15) is 42.5 Å². The van der Waals surface area contributed by atoms with Crippen molar-refractivity contribution in [2.75, 3.05) is 18.4 Å². The van der Waals surface area contributed by atoms with E-state index in [0.717, 1.165) is 17.0 Å². The predicted molar refractivity (Wildman–Crippen MR) is 121 cm³/mol. The van der Waals surface area contributed by atoms with Crippen molar-refractivity contribution < 1.29 is 22.4 Å². The zero-order valence-electron chi connectivity index (χ0n) is 18.9. The molecule has 3 heterocycles. The van der Waals surface area contributed by atoms with Crippen LogP contribution in [0.2, 0.25) is 0 Å². The molecule has 0 spiro atoms. The Kier molecular flexibility index (Phi) is 6.23. The van der Waals surface area contributed by atoms with Gasteiger partial charge in [0.1, 0.15) is 29.7 Å². The molecule has 1 aliphatic rings. The summed E-state index contributed by atoms with van der Waals surface area (Å²) in [7, 11) is 1.41. The minimum Gasteiger partial charge on any atom is -0.352 e. The molecule has 1 unspecified atom stereocenters. The Morgan fingerprint density at radius 3 is 2.63 bits per heavy atom. The highest BCUT2D eigenvalue weighted by atomic mass is 19.3. The van der Waals surface area contributed by atoms with Crippen molar-refractivity contribution in [3.05, 3.63) is 63.5 Å². The standard InChI is InChI=1S/C24H21F4N5O2/c1-4-18(14-6-5-7-15(19(14)25)20(26)27)31-21-16-10-17(23(35)32(3)22(16)30-12-29-21)24(28)8-9-33(11-24)13(2)34/h1,5-7,10,12,18,20H,8-9,11H2,2-3H3,(H,29,30,31)/t18-,24?/m1/s1. The lowest BCUT2D eigenvalue weighted by Gasteiger charge is -2.22. The molecule has 35 heavy (non-hydrogen) atoms. The summed E-state index contributed by atoms with van der Waals surface area (Å²) in [5.41, 5.74) is -3.74. The summed E-state index contributed by atoms with van der Waals surface area (Å²) in [6.07, 6.45) is 3.62. The molecule has 182 valence electrons. The highest BCUT2D eigenvalue weighted by Crippen LogP contribution is 2.36. The average molecular weight is 487 g/mol. The number of anilines is 1. The Morgan fingerprint density at radius 2 is 2.00 bits per heavy atom. The van der Waals surface area contributed by atoms with E-state index >= 15 is 4.39 Å². The molecule has 0 radical (unpaired) electrons. The number of aromatic nitrogens is 3. The van der Waals surface area contributed by atoms with E-state index in [1.54, 1.807) is 0 Å². The van der Waals surface area contributed by atoms with Crippen molar-refractivity contribution in [2.24, 2.45) is 7.05 Å². The minimum atomic E-state index is -3.04. The summed E-state index contributed by atoms with van der Waals surface area (Å²) >= 11 is 0. The molecular weight excluding hydrogens is 466 g/mol. The van der Waals surface area contributed by atoms with E-state index in [-0.39, 0.29) is 53.4 Å².